The van der Waals surface area contributed by atoms with E-state index in [2.05, 4.69) is 10.6 Å². The Kier molecular flexibility index (Phi) is 7.29. The fourth-order valence-corrected chi connectivity index (χ4v) is 4.07. The maximum absolute atomic E-state index is 12.5. The average molecular weight is 468 g/mol. The Balaban J connectivity index is 1.21. The van der Waals surface area contributed by atoms with E-state index in [4.69, 9.17) is 4.74 Å². The van der Waals surface area contributed by atoms with Crippen molar-refractivity contribution in [2.45, 2.75) is 31.8 Å². The minimum absolute atomic E-state index is 0.00386. The van der Waals surface area contributed by atoms with E-state index in [1.807, 2.05) is 24.3 Å². The molecule has 2 N–H and O–H groups in total. The van der Waals surface area contributed by atoms with E-state index in [0.29, 0.717) is 30.3 Å². The van der Waals surface area contributed by atoms with Crippen molar-refractivity contribution in [3.05, 3.63) is 65.2 Å². The number of nitrogens with one attached hydrogen (secondary N) is 2. The van der Waals surface area contributed by atoms with E-state index in [1.165, 1.54) is 4.90 Å². The number of nitrogens with zero attached hydrogens (tertiary/aromatic N) is 1. The molecule has 0 aromatic heterocycles. The highest BCUT2D eigenvalue weighted by Gasteiger charge is 2.29. The highest BCUT2D eigenvalue weighted by Crippen LogP contribution is 2.21. The van der Waals surface area contributed by atoms with E-state index in [1.54, 1.807) is 24.3 Å². The summed E-state index contributed by atoms with van der Waals surface area (Å²) in [5.41, 5.74) is 2.24. The fourth-order valence-electron chi connectivity index (χ4n) is 3.35. The molecule has 4 rings (SSSR count). The van der Waals surface area contributed by atoms with E-state index in [0.717, 1.165) is 35.7 Å². The van der Waals surface area contributed by atoms with Crippen LogP contribution in [0.1, 0.15) is 34.3 Å². The molecule has 1 aliphatic carbocycles. The smallest absolute Gasteiger partial charge is 0.289 e. The normalized spacial score (nSPS) is 15.5. The van der Waals surface area contributed by atoms with Crippen molar-refractivity contribution < 1.29 is 23.9 Å². The lowest BCUT2D eigenvalue weighted by Gasteiger charge is -2.13. The van der Waals surface area contributed by atoms with Crippen molar-refractivity contribution in [3.63, 3.8) is 0 Å². The Morgan fingerprint density at radius 1 is 1.06 bits per heavy atom. The van der Waals surface area contributed by atoms with Crippen LogP contribution >= 0.6 is 11.8 Å². The summed E-state index contributed by atoms with van der Waals surface area (Å²) in [7, 11) is 0. The molecule has 1 saturated carbocycles. The van der Waals surface area contributed by atoms with Gasteiger partial charge in [-0.1, -0.05) is 36.0 Å². The molecule has 0 atom stereocenters. The van der Waals surface area contributed by atoms with Gasteiger partial charge in [0.05, 0.1) is 12.3 Å². The third-order valence-electron chi connectivity index (χ3n) is 5.31. The van der Waals surface area contributed by atoms with Crippen LogP contribution in [0.3, 0.4) is 0 Å². The molecule has 9 heteroatoms. The van der Waals surface area contributed by atoms with Crippen LogP contribution < -0.4 is 15.4 Å². The van der Waals surface area contributed by atoms with Gasteiger partial charge < -0.3 is 15.4 Å². The Morgan fingerprint density at radius 3 is 2.55 bits per heavy atom. The third kappa shape index (κ3) is 6.58. The number of rotatable bonds is 10. The van der Waals surface area contributed by atoms with Crippen LogP contribution in [0.25, 0.3) is 0 Å². The van der Waals surface area contributed by atoms with Crippen molar-refractivity contribution in [1.29, 1.82) is 0 Å². The van der Waals surface area contributed by atoms with Gasteiger partial charge in [0.25, 0.3) is 17.1 Å². The number of hydrogen-bond donors (Lipinski definition) is 2. The van der Waals surface area contributed by atoms with Crippen LogP contribution in [0.4, 0.5) is 4.79 Å². The van der Waals surface area contributed by atoms with Gasteiger partial charge in [0.2, 0.25) is 5.91 Å². The Bertz CT molecular complexity index is 1040. The van der Waals surface area contributed by atoms with Crippen molar-refractivity contribution in [2.24, 2.45) is 0 Å². The van der Waals surface area contributed by atoms with E-state index in [-0.39, 0.29) is 41.9 Å². The number of imide groups is 1. The predicted molar refractivity (Wildman–Crippen MR) is 124 cm³/mol. The number of thioether (sulfide) groups is 1. The summed E-state index contributed by atoms with van der Waals surface area (Å²) in [6.45, 7) is 0.624. The summed E-state index contributed by atoms with van der Waals surface area (Å²) < 4.78 is 5.50. The molecule has 2 fully saturated rings. The summed E-state index contributed by atoms with van der Waals surface area (Å²) in [6, 6.07) is 14.7. The molecule has 2 aromatic rings. The van der Waals surface area contributed by atoms with Crippen LogP contribution in [0.5, 0.6) is 5.75 Å². The molecule has 2 aliphatic rings. The Labute approximate surface area is 196 Å². The molecule has 0 spiro atoms. The Hall–Kier alpha value is -3.33. The third-order valence-corrected chi connectivity index (χ3v) is 6.16. The van der Waals surface area contributed by atoms with Gasteiger partial charge in [-0.3, -0.25) is 24.1 Å². The summed E-state index contributed by atoms with van der Waals surface area (Å²) in [4.78, 5) is 49.0. The standard InChI is InChI=1S/C24H25N3O5S/c28-21(26-19-6-7-19)14-32-20-8-4-16(5-9-20)10-11-25-23(30)18-3-1-2-17(12-18)13-27-22(29)15-33-24(27)31/h1-5,8-9,12,19H,6-7,10-11,13-15H2,(H,25,30)(H,26,28). The SMILES string of the molecule is O=C(COc1ccc(CCNC(=O)c2cccc(CN3C(=O)CSC3=O)c2)cc1)NC1CC1. The molecule has 1 saturated heterocycles. The molecule has 0 radical (unpaired) electrons. The van der Waals surface area contributed by atoms with Gasteiger partial charge >= 0.3 is 0 Å². The van der Waals surface area contributed by atoms with Gasteiger partial charge in [-0.15, -0.1) is 0 Å². The predicted octanol–water partition coefficient (Wildman–Crippen LogP) is 2.51. The lowest BCUT2D eigenvalue weighted by Crippen LogP contribution is -2.30. The zero-order chi connectivity index (χ0) is 23.2. The molecule has 0 bridgehead atoms. The molecule has 33 heavy (non-hydrogen) atoms. The largest absolute Gasteiger partial charge is 0.484 e. The minimum Gasteiger partial charge on any atom is -0.484 e. The summed E-state index contributed by atoms with van der Waals surface area (Å²) in [5.74, 6) is 0.261. The fraction of sp³-hybridized carbons (Fsp3) is 0.333. The van der Waals surface area contributed by atoms with Gasteiger partial charge in [-0.25, -0.2) is 0 Å². The van der Waals surface area contributed by atoms with Crippen LogP contribution in [0, 0.1) is 0 Å². The second-order valence-corrected chi connectivity index (χ2v) is 8.94. The van der Waals surface area contributed by atoms with Crippen molar-refractivity contribution >= 4 is 34.7 Å². The maximum atomic E-state index is 12.5. The second kappa shape index (κ2) is 10.5. The Morgan fingerprint density at radius 2 is 1.85 bits per heavy atom. The zero-order valence-corrected chi connectivity index (χ0v) is 18.9. The average Bonchev–Trinajstić information content (AvgIpc) is 3.58. The maximum Gasteiger partial charge on any atom is 0.289 e. The molecule has 0 unspecified atom stereocenters. The lowest BCUT2D eigenvalue weighted by molar-refractivity contribution is -0.125. The number of carbonyl (C=O) groups is 4. The molecular weight excluding hydrogens is 442 g/mol. The highest BCUT2D eigenvalue weighted by atomic mass is 32.2. The van der Waals surface area contributed by atoms with Crippen LogP contribution in [-0.2, 0) is 22.6 Å². The van der Waals surface area contributed by atoms with Crippen LogP contribution in [0.15, 0.2) is 48.5 Å². The molecule has 1 aliphatic heterocycles. The molecule has 4 amide bonds. The summed E-state index contributed by atoms with van der Waals surface area (Å²) in [6.07, 6.45) is 2.73. The van der Waals surface area contributed by atoms with Gasteiger partial charge in [0.1, 0.15) is 5.75 Å². The van der Waals surface area contributed by atoms with Crippen molar-refractivity contribution in [2.75, 3.05) is 18.9 Å². The number of amides is 4. The highest BCUT2D eigenvalue weighted by molar-refractivity contribution is 8.14. The van der Waals surface area contributed by atoms with Gasteiger partial charge in [0.15, 0.2) is 6.61 Å². The molecular formula is C24H25N3O5S. The van der Waals surface area contributed by atoms with Gasteiger partial charge in [0, 0.05) is 18.2 Å². The van der Waals surface area contributed by atoms with Crippen LogP contribution in [-0.4, -0.2) is 52.8 Å². The first kappa shape index (κ1) is 22.8. The monoisotopic (exact) mass is 467 g/mol. The van der Waals surface area contributed by atoms with Gasteiger partial charge in [-0.2, -0.15) is 0 Å². The molecule has 8 nitrogen and oxygen atoms in total. The van der Waals surface area contributed by atoms with E-state index < -0.39 is 0 Å². The zero-order valence-electron chi connectivity index (χ0n) is 18.0. The number of carbonyl (C=O) groups excluding carboxylic acids is 4. The topological polar surface area (TPSA) is 105 Å². The second-order valence-electron chi connectivity index (χ2n) is 8.02. The first-order valence-electron chi connectivity index (χ1n) is 10.8. The van der Waals surface area contributed by atoms with Crippen molar-refractivity contribution in [3.8, 4) is 5.75 Å². The first-order chi connectivity index (χ1) is 16.0. The molecule has 1 heterocycles. The van der Waals surface area contributed by atoms with Gasteiger partial charge in [-0.05, 0) is 54.7 Å². The first-order valence-corrected chi connectivity index (χ1v) is 11.8. The quantitative estimate of drug-likeness (QED) is 0.556. The summed E-state index contributed by atoms with van der Waals surface area (Å²) in [5, 5.41) is 5.51. The van der Waals surface area contributed by atoms with Crippen LogP contribution in [0.2, 0.25) is 0 Å². The molecule has 2 aromatic carbocycles. The van der Waals surface area contributed by atoms with Crippen molar-refractivity contribution in [1.82, 2.24) is 15.5 Å². The minimum atomic E-state index is -0.257. The lowest BCUT2D eigenvalue weighted by atomic mass is 10.1. The number of hydrogen-bond acceptors (Lipinski definition) is 6. The van der Waals surface area contributed by atoms with E-state index >= 15 is 0 Å². The number of benzene rings is 2. The van der Waals surface area contributed by atoms with E-state index in [9.17, 15) is 19.2 Å². The molecule has 172 valence electrons. The summed E-state index contributed by atoms with van der Waals surface area (Å²) >= 11 is 0.994. The number of ether oxygens (including phenoxy) is 1.